The predicted octanol–water partition coefficient (Wildman–Crippen LogP) is 3.36. The van der Waals surface area contributed by atoms with Gasteiger partial charge >= 0.3 is 0 Å². The lowest BCUT2D eigenvalue weighted by Crippen LogP contribution is -2.34. The SMILES string of the molecule is CN(C(=O)C1CC(=O)N(c2cccc(Cl)c2)C1)c1ccccc1. The van der Waals surface area contributed by atoms with Crippen molar-refractivity contribution in [2.75, 3.05) is 23.4 Å². The maximum Gasteiger partial charge on any atom is 0.232 e. The summed E-state index contributed by atoms with van der Waals surface area (Å²) in [6.07, 6.45) is 0.225. The smallest absolute Gasteiger partial charge is 0.232 e. The van der Waals surface area contributed by atoms with Gasteiger partial charge in [-0.15, -0.1) is 0 Å². The van der Waals surface area contributed by atoms with E-state index in [2.05, 4.69) is 0 Å². The van der Waals surface area contributed by atoms with Gasteiger partial charge in [-0.25, -0.2) is 0 Å². The van der Waals surface area contributed by atoms with E-state index in [9.17, 15) is 9.59 Å². The number of hydrogen-bond donors (Lipinski definition) is 0. The normalized spacial score (nSPS) is 17.4. The number of carbonyl (C=O) groups excluding carboxylic acids is 2. The standard InChI is InChI=1S/C18H17ClN2O2/c1-20(15-7-3-2-4-8-15)18(23)13-10-17(22)21(12-13)16-9-5-6-14(19)11-16/h2-9,11,13H,10,12H2,1H3. The van der Waals surface area contributed by atoms with E-state index in [-0.39, 0.29) is 24.2 Å². The summed E-state index contributed by atoms with van der Waals surface area (Å²) in [6, 6.07) is 16.6. The lowest BCUT2D eigenvalue weighted by Gasteiger charge is -2.21. The molecular weight excluding hydrogens is 312 g/mol. The third kappa shape index (κ3) is 3.22. The van der Waals surface area contributed by atoms with Gasteiger partial charge in [0.1, 0.15) is 0 Å². The molecule has 2 aromatic carbocycles. The Morgan fingerprint density at radius 1 is 1.17 bits per heavy atom. The molecule has 0 spiro atoms. The molecule has 5 heteroatoms. The third-order valence-corrected chi connectivity index (χ3v) is 4.30. The predicted molar refractivity (Wildman–Crippen MR) is 91.8 cm³/mol. The van der Waals surface area contributed by atoms with Gasteiger partial charge in [0.05, 0.1) is 5.92 Å². The monoisotopic (exact) mass is 328 g/mol. The number of hydrogen-bond acceptors (Lipinski definition) is 2. The Morgan fingerprint density at radius 2 is 1.91 bits per heavy atom. The van der Waals surface area contributed by atoms with Gasteiger partial charge in [0.2, 0.25) is 11.8 Å². The highest BCUT2D eigenvalue weighted by molar-refractivity contribution is 6.31. The molecule has 4 nitrogen and oxygen atoms in total. The van der Waals surface area contributed by atoms with E-state index in [0.29, 0.717) is 11.6 Å². The van der Waals surface area contributed by atoms with Gasteiger partial charge in [-0.3, -0.25) is 9.59 Å². The quantitative estimate of drug-likeness (QED) is 0.867. The average molecular weight is 329 g/mol. The van der Waals surface area contributed by atoms with Gasteiger partial charge < -0.3 is 9.80 Å². The molecule has 1 aliphatic rings. The van der Waals surface area contributed by atoms with Crippen molar-refractivity contribution in [3.05, 3.63) is 59.6 Å². The fraction of sp³-hybridized carbons (Fsp3) is 0.222. The Kier molecular flexibility index (Phi) is 4.35. The topological polar surface area (TPSA) is 40.6 Å². The molecule has 0 bridgehead atoms. The number of rotatable bonds is 3. The summed E-state index contributed by atoms with van der Waals surface area (Å²) in [5.41, 5.74) is 1.56. The van der Waals surface area contributed by atoms with Crippen LogP contribution < -0.4 is 9.80 Å². The second kappa shape index (κ2) is 6.42. The Bertz CT molecular complexity index is 733. The first-order chi connectivity index (χ1) is 11.1. The van der Waals surface area contributed by atoms with Crippen LogP contribution >= 0.6 is 11.6 Å². The summed E-state index contributed by atoms with van der Waals surface area (Å²) in [5.74, 6) is -0.437. The van der Waals surface area contributed by atoms with Crippen LogP contribution in [0, 0.1) is 5.92 Å². The molecule has 2 amide bonds. The molecule has 0 aliphatic carbocycles. The molecular formula is C18H17ClN2O2. The van der Waals surface area contributed by atoms with Crippen molar-refractivity contribution in [2.24, 2.45) is 5.92 Å². The van der Waals surface area contributed by atoms with Crippen LogP contribution in [0.3, 0.4) is 0 Å². The molecule has 1 unspecified atom stereocenters. The summed E-state index contributed by atoms with van der Waals surface area (Å²) >= 11 is 5.99. The zero-order valence-electron chi connectivity index (χ0n) is 12.8. The highest BCUT2D eigenvalue weighted by Crippen LogP contribution is 2.28. The van der Waals surface area contributed by atoms with E-state index >= 15 is 0 Å². The zero-order chi connectivity index (χ0) is 16.4. The van der Waals surface area contributed by atoms with Crippen molar-refractivity contribution in [3.8, 4) is 0 Å². The van der Waals surface area contributed by atoms with Crippen molar-refractivity contribution in [2.45, 2.75) is 6.42 Å². The van der Waals surface area contributed by atoms with Crippen LogP contribution in [0.5, 0.6) is 0 Å². The minimum Gasteiger partial charge on any atom is -0.315 e. The van der Waals surface area contributed by atoms with E-state index in [1.54, 1.807) is 35.0 Å². The van der Waals surface area contributed by atoms with Crippen molar-refractivity contribution in [3.63, 3.8) is 0 Å². The Morgan fingerprint density at radius 3 is 2.61 bits per heavy atom. The molecule has 0 N–H and O–H groups in total. The molecule has 1 atom stereocenters. The van der Waals surface area contributed by atoms with Crippen molar-refractivity contribution in [1.29, 1.82) is 0 Å². The third-order valence-electron chi connectivity index (χ3n) is 4.07. The fourth-order valence-corrected chi connectivity index (χ4v) is 3.00. The van der Waals surface area contributed by atoms with Crippen LogP contribution in [-0.2, 0) is 9.59 Å². The van der Waals surface area contributed by atoms with Crippen LogP contribution in [0.4, 0.5) is 11.4 Å². The number of halogens is 1. The maximum atomic E-state index is 12.7. The Hall–Kier alpha value is -2.33. The van der Waals surface area contributed by atoms with Gasteiger partial charge in [0, 0.05) is 36.4 Å². The molecule has 1 fully saturated rings. The minimum absolute atomic E-state index is 0.0471. The van der Waals surface area contributed by atoms with Gasteiger partial charge in [-0.05, 0) is 30.3 Å². The van der Waals surface area contributed by atoms with Crippen LogP contribution in [0.2, 0.25) is 5.02 Å². The maximum absolute atomic E-state index is 12.7. The van der Waals surface area contributed by atoms with Gasteiger partial charge in [0.25, 0.3) is 0 Å². The highest BCUT2D eigenvalue weighted by atomic mass is 35.5. The van der Waals surface area contributed by atoms with Crippen molar-refractivity contribution in [1.82, 2.24) is 0 Å². The number of para-hydroxylation sites is 1. The van der Waals surface area contributed by atoms with Crippen LogP contribution in [0.15, 0.2) is 54.6 Å². The molecule has 1 heterocycles. The molecule has 118 valence electrons. The fourth-order valence-electron chi connectivity index (χ4n) is 2.82. The molecule has 0 aromatic heterocycles. The van der Waals surface area contributed by atoms with Gasteiger partial charge in [0.15, 0.2) is 0 Å². The number of anilines is 2. The summed E-state index contributed by atoms with van der Waals surface area (Å²) in [7, 11) is 1.74. The average Bonchev–Trinajstić information content (AvgIpc) is 2.96. The summed E-state index contributed by atoms with van der Waals surface area (Å²) in [6.45, 7) is 0.384. The first-order valence-corrected chi connectivity index (χ1v) is 7.82. The minimum atomic E-state index is -0.341. The van der Waals surface area contributed by atoms with Crippen LogP contribution in [-0.4, -0.2) is 25.4 Å². The number of carbonyl (C=O) groups is 2. The van der Waals surface area contributed by atoms with E-state index in [1.165, 1.54) is 0 Å². The molecule has 2 aromatic rings. The second-order valence-corrected chi connectivity index (χ2v) is 6.05. The largest absolute Gasteiger partial charge is 0.315 e. The van der Waals surface area contributed by atoms with Crippen molar-refractivity contribution >= 4 is 34.8 Å². The summed E-state index contributed by atoms with van der Waals surface area (Å²) in [4.78, 5) is 28.2. The number of benzene rings is 2. The molecule has 0 radical (unpaired) electrons. The molecule has 1 saturated heterocycles. The van der Waals surface area contributed by atoms with E-state index in [4.69, 9.17) is 11.6 Å². The molecule has 3 rings (SSSR count). The summed E-state index contributed by atoms with van der Waals surface area (Å²) < 4.78 is 0. The van der Waals surface area contributed by atoms with Crippen LogP contribution in [0.1, 0.15) is 6.42 Å². The van der Waals surface area contributed by atoms with Crippen molar-refractivity contribution < 1.29 is 9.59 Å². The Labute approximate surface area is 140 Å². The zero-order valence-corrected chi connectivity index (χ0v) is 13.5. The number of nitrogens with zero attached hydrogens (tertiary/aromatic N) is 2. The molecule has 0 saturated carbocycles. The molecule has 1 aliphatic heterocycles. The lowest BCUT2D eigenvalue weighted by molar-refractivity contribution is -0.124. The van der Waals surface area contributed by atoms with E-state index < -0.39 is 0 Å². The Balaban J connectivity index is 1.76. The first-order valence-electron chi connectivity index (χ1n) is 7.45. The number of amides is 2. The van der Waals surface area contributed by atoms with E-state index in [1.807, 2.05) is 36.4 Å². The lowest BCUT2D eigenvalue weighted by atomic mass is 10.1. The van der Waals surface area contributed by atoms with Gasteiger partial charge in [-0.2, -0.15) is 0 Å². The van der Waals surface area contributed by atoms with Gasteiger partial charge in [-0.1, -0.05) is 35.9 Å². The van der Waals surface area contributed by atoms with E-state index in [0.717, 1.165) is 11.4 Å². The highest BCUT2D eigenvalue weighted by Gasteiger charge is 2.36. The summed E-state index contributed by atoms with van der Waals surface area (Å²) in [5, 5.41) is 0.575. The first kappa shape index (κ1) is 15.6. The molecule has 23 heavy (non-hydrogen) atoms. The second-order valence-electron chi connectivity index (χ2n) is 5.62. The van der Waals surface area contributed by atoms with Crippen LogP contribution in [0.25, 0.3) is 0 Å².